The van der Waals surface area contributed by atoms with E-state index in [1.165, 1.54) is 17.0 Å². The van der Waals surface area contributed by atoms with Gasteiger partial charge in [0.1, 0.15) is 5.82 Å². The molecule has 3 aromatic rings. The fourth-order valence-corrected chi connectivity index (χ4v) is 2.42. The van der Waals surface area contributed by atoms with E-state index in [1.807, 2.05) is 6.07 Å². The van der Waals surface area contributed by atoms with Crippen LogP contribution in [0, 0.1) is 17.0 Å². The van der Waals surface area contributed by atoms with E-state index in [9.17, 15) is 14.9 Å². The van der Waals surface area contributed by atoms with E-state index in [-0.39, 0.29) is 11.2 Å². The Kier molecular flexibility index (Phi) is 4.47. The lowest BCUT2D eigenvalue weighted by Crippen LogP contribution is -2.20. The third-order valence-corrected chi connectivity index (χ3v) is 3.59. The SMILES string of the molecule is Cc1nc2ccccc2c(=O)n1/N=C/C=C/c1ccccc1[N+](=O)[O-]. The molecule has 3 rings (SSSR count). The number of hydrogen-bond donors (Lipinski definition) is 0. The summed E-state index contributed by atoms with van der Waals surface area (Å²) >= 11 is 0. The number of allylic oxidation sites excluding steroid dienone is 1. The van der Waals surface area contributed by atoms with Crippen molar-refractivity contribution in [3.63, 3.8) is 0 Å². The molecule has 0 aliphatic rings. The highest BCUT2D eigenvalue weighted by Gasteiger charge is 2.09. The maximum Gasteiger partial charge on any atom is 0.282 e. The Morgan fingerprint density at radius 3 is 2.68 bits per heavy atom. The fourth-order valence-electron chi connectivity index (χ4n) is 2.42. The number of fused-ring (bicyclic) bond motifs is 1. The van der Waals surface area contributed by atoms with E-state index < -0.39 is 4.92 Å². The first-order chi connectivity index (χ1) is 12.1. The van der Waals surface area contributed by atoms with Crippen molar-refractivity contribution in [2.75, 3.05) is 0 Å². The molecule has 124 valence electrons. The first-order valence-electron chi connectivity index (χ1n) is 7.51. The average molecular weight is 334 g/mol. The number of benzene rings is 2. The van der Waals surface area contributed by atoms with Crippen LogP contribution in [0.2, 0.25) is 0 Å². The Balaban J connectivity index is 1.92. The van der Waals surface area contributed by atoms with Crippen LogP contribution in [0.1, 0.15) is 11.4 Å². The molecule has 1 heterocycles. The van der Waals surface area contributed by atoms with Gasteiger partial charge in [0, 0.05) is 12.3 Å². The molecule has 0 saturated carbocycles. The van der Waals surface area contributed by atoms with Crippen LogP contribution in [0.25, 0.3) is 17.0 Å². The Bertz CT molecular complexity index is 1070. The lowest BCUT2D eigenvalue weighted by Gasteiger charge is -2.04. The second kappa shape index (κ2) is 6.88. The zero-order valence-electron chi connectivity index (χ0n) is 13.4. The van der Waals surface area contributed by atoms with E-state index in [0.717, 1.165) is 0 Å². The number of nitrogens with zero attached hydrogens (tertiary/aromatic N) is 4. The summed E-state index contributed by atoms with van der Waals surface area (Å²) in [5.41, 5.74) is 0.817. The summed E-state index contributed by atoms with van der Waals surface area (Å²) < 4.78 is 1.20. The highest BCUT2D eigenvalue weighted by molar-refractivity contribution is 5.80. The van der Waals surface area contributed by atoms with Crippen LogP contribution in [0.3, 0.4) is 0 Å². The minimum atomic E-state index is -0.446. The number of para-hydroxylation sites is 2. The van der Waals surface area contributed by atoms with Crippen molar-refractivity contribution in [3.8, 4) is 0 Å². The summed E-state index contributed by atoms with van der Waals surface area (Å²) in [4.78, 5) is 27.3. The quantitative estimate of drug-likeness (QED) is 0.416. The molecule has 0 N–H and O–H groups in total. The van der Waals surface area contributed by atoms with Crippen LogP contribution >= 0.6 is 0 Å². The van der Waals surface area contributed by atoms with Gasteiger partial charge in [-0.2, -0.15) is 9.78 Å². The second-order valence-corrected chi connectivity index (χ2v) is 5.23. The van der Waals surface area contributed by atoms with Gasteiger partial charge in [-0.1, -0.05) is 24.3 Å². The van der Waals surface area contributed by atoms with Crippen molar-refractivity contribution in [1.29, 1.82) is 0 Å². The summed E-state index contributed by atoms with van der Waals surface area (Å²) in [5, 5.41) is 15.6. The Hall–Kier alpha value is -3.61. The molecule has 2 aromatic carbocycles. The molecule has 0 aliphatic heterocycles. The molecule has 0 bridgehead atoms. The monoisotopic (exact) mass is 334 g/mol. The minimum Gasteiger partial charge on any atom is -0.267 e. The minimum absolute atomic E-state index is 0.00729. The van der Waals surface area contributed by atoms with Gasteiger partial charge in [-0.15, -0.1) is 0 Å². The molecular formula is C18H14N4O3. The molecule has 7 heteroatoms. The molecule has 0 amide bonds. The third-order valence-electron chi connectivity index (χ3n) is 3.59. The molecule has 0 aliphatic carbocycles. The van der Waals surface area contributed by atoms with Gasteiger partial charge in [0.05, 0.1) is 21.4 Å². The molecule has 0 fully saturated rings. The molecule has 1 aromatic heterocycles. The zero-order chi connectivity index (χ0) is 17.8. The van der Waals surface area contributed by atoms with Crippen molar-refractivity contribution in [2.24, 2.45) is 5.10 Å². The first-order valence-corrected chi connectivity index (χ1v) is 7.51. The number of hydrogen-bond acceptors (Lipinski definition) is 5. The zero-order valence-corrected chi connectivity index (χ0v) is 13.4. The van der Waals surface area contributed by atoms with E-state index in [1.54, 1.807) is 55.5 Å². The molecular weight excluding hydrogens is 320 g/mol. The lowest BCUT2D eigenvalue weighted by atomic mass is 10.2. The molecule has 0 atom stereocenters. The van der Waals surface area contributed by atoms with Crippen LogP contribution in [0.4, 0.5) is 5.69 Å². The van der Waals surface area contributed by atoms with E-state index in [2.05, 4.69) is 10.1 Å². The fraction of sp³-hybridized carbons (Fsp3) is 0.0556. The highest BCUT2D eigenvalue weighted by atomic mass is 16.6. The van der Waals surface area contributed by atoms with E-state index in [4.69, 9.17) is 0 Å². The Labute approximate surface area is 142 Å². The van der Waals surface area contributed by atoms with Crippen molar-refractivity contribution in [3.05, 3.63) is 86.5 Å². The van der Waals surface area contributed by atoms with Gasteiger partial charge in [-0.25, -0.2) is 4.98 Å². The Morgan fingerprint density at radius 2 is 1.88 bits per heavy atom. The van der Waals surface area contributed by atoms with Crippen LogP contribution in [0.15, 0.2) is 64.5 Å². The third kappa shape index (κ3) is 3.35. The van der Waals surface area contributed by atoms with Crippen molar-refractivity contribution < 1.29 is 4.92 Å². The average Bonchev–Trinajstić information content (AvgIpc) is 2.61. The smallest absolute Gasteiger partial charge is 0.267 e. The maximum atomic E-state index is 12.5. The van der Waals surface area contributed by atoms with Crippen molar-refractivity contribution >= 4 is 28.9 Å². The summed E-state index contributed by atoms with van der Waals surface area (Å²) in [6.07, 6.45) is 4.52. The highest BCUT2D eigenvalue weighted by Crippen LogP contribution is 2.18. The number of nitro groups is 1. The molecule has 0 saturated heterocycles. The van der Waals surface area contributed by atoms with Crippen LogP contribution in [-0.4, -0.2) is 20.8 Å². The van der Waals surface area contributed by atoms with Gasteiger partial charge < -0.3 is 0 Å². The van der Waals surface area contributed by atoms with Gasteiger partial charge in [-0.05, 0) is 37.3 Å². The molecule has 0 spiro atoms. The molecule has 0 unspecified atom stereocenters. The number of aromatic nitrogens is 2. The maximum absolute atomic E-state index is 12.5. The predicted molar refractivity (Wildman–Crippen MR) is 96.8 cm³/mol. The Morgan fingerprint density at radius 1 is 1.16 bits per heavy atom. The van der Waals surface area contributed by atoms with Crippen LogP contribution in [0.5, 0.6) is 0 Å². The summed E-state index contributed by atoms with van der Waals surface area (Å²) in [7, 11) is 0. The van der Waals surface area contributed by atoms with E-state index in [0.29, 0.717) is 22.3 Å². The standard InChI is InChI=1S/C18H14N4O3/c1-13-20-16-10-4-3-9-15(16)18(23)21(13)19-12-6-8-14-7-2-5-11-17(14)22(24)25/h2-12H,1H3/b8-6+,19-12+. The number of nitro benzene ring substituents is 1. The summed E-state index contributed by atoms with van der Waals surface area (Å²) in [6.45, 7) is 1.69. The van der Waals surface area contributed by atoms with Crippen molar-refractivity contribution in [1.82, 2.24) is 9.66 Å². The van der Waals surface area contributed by atoms with Gasteiger partial charge in [0.15, 0.2) is 0 Å². The topological polar surface area (TPSA) is 90.4 Å². The summed E-state index contributed by atoms with van der Waals surface area (Å²) in [5.74, 6) is 0.457. The van der Waals surface area contributed by atoms with Gasteiger partial charge in [0.25, 0.3) is 11.2 Å². The summed E-state index contributed by atoms with van der Waals surface area (Å²) in [6, 6.07) is 13.4. The van der Waals surface area contributed by atoms with Gasteiger partial charge in [-0.3, -0.25) is 14.9 Å². The molecule has 7 nitrogen and oxygen atoms in total. The molecule has 25 heavy (non-hydrogen) atoms. The van der Waals surface area contributed by atoms with Crippen molar-refractivity contribution in [2.45, 2.75) is 6.92 Å². The van der Waals surface area contributed by atoms with Crippen LogP contribution in [-0.2, 0) is 0 Å². The van der Waals surface area contributed by atoms with E-state index >= 15 is 0 Å². The molecule has 0 radical (unpaired) electrons. The van der Waals surface area contributed by atoms with Gasteiger partial charge in [0.2, 0.25) is 0 Å². The predicted octanol–water partition coefficient (Wildman–Crippen LogP) is 3.16. The largest absolute Gasteiger partial charge is 0.282 e. The second-order valence-electron chi connectivity index (χ2n) is 5.23. The first kappa shape index (κ1) is 16.3. The normalized spacial score (nSPS) is 11.6. The van der Waals surface area contributed by atoms with Gasteiger partial charge >= 0.3 is 0 Å². The number of aryl methyl sites for hydroxylation is 1. The lowest BCUT2D eigenvalue weighted by molar-refractivity contribution is -0.385. The van der Waals surface area contributed by atoms with Crippen LogP contribution < -0.4 is 5.56 Å². The number of rotatable bonds is 4.